The third-order valence-electron chi connectivity index (χ3n) is 3.90. The maximum Gasteiger partial charge on any atom is 0.234 e. The summed E-state index contributed by atoms with van der Waals surface area (Å²) in [6.07, 6.45) is 4.61. The number of nitrogens with one attached hydrogen (secondary N) is 2. The fourth-order valence-electron chi connectivity index (χ4n) is 2.53. The molecule has 124 valence electrons. The minimum atomic E-state index is 0.0485. The van der Waals surface area contributed by atoms with Crippen LogP contribution in [0, 0.1) is 5.92 Å². The molecule has 23 heavy (non-hydrogen) atoms. The molecule has 0 bridgehead atoms. The van der Waals surface area contributed by atoms with E-state index in [0.717, 1.165) is 22.0 Å². The molecule has 2 atom stereocenters. The van der Waals surface area contributed by atoms with Crippen LogP contribution < -0.4 is 15.6 Å². The van der Waals surface area contributed by atoms with Gasteiger partial charge in [0.25, 0.3) is 0 Å². The van der Waals surface area contributed by atoms with Crippen LogP contribution in [0.3, 0.4) is 0 Å². The van der Waals surface area contributed by atoms with Gasteiger partial charge in [0, 0.05) is 18.2 Å². The van der Waals surface area contributed by atoms with Crippen LogP contribution in [0.25, 0.3) is 5.57 Å². The fourth-order valence-corrected chi connectivity index (χ4v) is 3.33. The minimum Gasteiger partial charge on any atom is -0.496 e. The third-order valence-corrected chi connectivity index (χ3v) is 4.94. The van der Waals surface area contributed by atoms with Crippen LogP contribution in [0.1, 0.15) is 25.8 Å². The average Bonchev–Trinajstić information content (AvgIpc) is 2.55. The molecule has 1 heterocycles. The number of carbonyl (C=O) groups is 1. The van der Waals surface area contributed by atoms with Gasteiger partial charge in [-0.15, -0.1) is 18.3 Å². The molecule has 0 spiro atoms. The molecule has 0 aromatic heterocycles. The van der Waals surface area contributed by atoms with Gasteiger partial charge in [-0.2, -0.15) is 0 Å². The van der Waals surface area contributed by atoms with Gasteiger partial charge in [0.2, 0.25) is 5.91 Å². The fraction of sp³-hybridized carbons (Fsp3) is 0.389. The van der Waals surface area contributed by atoms with Crippen LogP contribution in [0.15, 0.2) is 41.8 Å². The Morgan fingerprint density at radius 1 is 1.52 bits per heavy atom. The van der Waals surface area contributed by atoms with Crippen molar-refractivity contribution in [2.24, 2.45) is 5.92 Å². The zero-order chi connectivity index (χ0) is 16.8. The lowest BCUT2D eigenvalue weighted by Gasteiger charge is -2.28. The van der Waals surface area contributed by atoms with E-state index in [-0.39, 0.29) is 17.9 Å². The van der Waals surface area contributed by atoms with E-state index < -0.39 is 0 Å². The number of hydrogen-bond acceptors (Lipinski definition) is 4. The van der Waals surface area contributed by atoms with E-state index in [1.807, 2.05) is 12.1 Å². The quantitative estimate of drug-likeness (QED) is 0.619. The van der Waals surface area contributed by atoms with E-state index in [9.17, 15) is 4.79 Å². The summed E-state index contributed by atoms with van der Waals surface area (Å²) >= 11 is 1.71. The number of thioether (sulfide) groups is 1. The molecule has 1 fully saturated rings. The Bertz CT molecular complexity index is 613. The topological polar surface area (TPSA) is 50.4 Å². The predicted molar refractivity (Wildman–Crippen MR) is 96.4 cm³/mol. The Hall–Kier alpha value is -1.72. The van der Waals surface area contributed by atoms with Crippen molar-refractivity contribution in [2.45, 2.75) is 31.2 Å². The summed E-state index contributed by atoms with van der Waals surface area (Å²) in [5, 5.41) is 0. The molecule has 4 nitrogen and oxygen atoms in total. The number of benzene rings is 1. The largest absolute Gasteiger partial charge is 0.496 e. The van der Waals surface area contributed by atoms with Gasteiger partial charge in [-0.05, 0) is 36.1 Å². The maximum absolute atomic E-state index is 11.4. The van der Waals surface area contributed by atoms with Crippen LogP contribution in [-0.2, 0) is 4.79 Å². The van der Waals surface area contributed by atoms with Gasteiger partial charge in [0.15, 0.2) is 0 Å². The highest BCUT2D eigenvalue weighted by Crippen LogP contribution is 2.32. The predicted octanol–water partition coefficient (Wildman–Crippen LogP) is 3.41. The first-order chi connectivity index (χ1) is 11.0. The first kappa shape index (κ1) is 17.6. The number of ether oxygens (including phenoxy) is 1. The van der Waals surface area contributed by atoms with Gasteiger partial charge in [-0.3, -0.25) is 10.2 Å². The van der Waals surface area contributed by atoms with Crippen LogP contribution in [0.2, 0.25) is 0 Å². The lowest BCUT2D eigenvalue weighted by Crippen LogP contribution is -2.52. The van der Waals surface area contributed by atoms with E-state index in [1.54, 1.807) is 18.9 Å². The van der Waals surface area contributed by atoms with Crippen molar-refractivity contribution in [1.29, 1.82) is 0 Å². The second-order valence-corrected chi connectivity index (χ2v) is 6.78. The van der Waals surface area contributed by atoms with Crippen LogP contribution in [-0.4, -0.2) is 24.8 Å². The lowest BCUT2D eigenvalue weighted by molar-refractivity contribution is -0.125. The molecule has 1 amide bonds. The van der Waals surface area contributed by atoms with E-state index >= 15 is 0 Å². The molecule has 1 aliphatic heterocycles. The van der Waals surface area contributed by atoms with Crippen molar-refractivity contribution >= 4 is 23.2 Å². The molecule has 2 rings (SSSR count). The number of rotatable bonds is 6. The Morgan fingerprint density at radius 2 is 2.30 bits per heavy atom. The van der Waals surface area contributed by atoms with Gasteiger partial charge in [0.05, 0.1) is 12.0 Å². The number of hydrogen-bond donors (Lipinski definition) is 2. The molecule has 0 radical (unpaired) electrons. The molecule has 1 aromatic rings. The molecule has 2 N–H and O–H groups in total. The molecule has 1 aromatic carbocycles. The van der Waals surface area contributed by atoms with Gasteiger partial charge < -0.3 is 4.74 Å². The Kier molecular flexibility index (Phi) is 6.30. The van der Waals surface area contributed by atoms with E-state index in [4.69, 9.17) is 4.74 Å². The summed E-state index contributed by atoms with van der Waals surface area (Å²) in [6.45, 7) is 7.94. The number of hydrazine groups is 1. The average molecular weight is 332 g/mol. The highest BCUT2D eigenvalue weighted by molar-refractivity contribution is 7.99. The molecule has 5 heteroatoms. The molecule has 2 unspecified atom stereocenters. The van der Waals surface area contributed by atoms with Crippen LogP contribution in [0.4, 0.5) is 0 Å². The summed E-state index contributed by atoms with van der Waals surface area (Å²) in [5.41, 5.74) is 8.11. The maximum atomic E-state index is 11.4. The normalized spacial score (nSPS) is 21.7. The second-order valence-electron chi connectivity index (χ2n) is 5.71. The summed E-state index contributed by atoms with van der Waals surface area (Å²) < 4.78 is 5.42. The summed E-state index contributed by atoms with van der Waals surface area (Å²) in [5.74, 6) is 2.04. The van der Waals surface area contributed by atoms with Gasteiger partial charge in [-0.25, -0.2) is 5.43 Å². The van der Waals surface area contributed by atoms with E-state index in [1.165, 1.54) is 5.57 Å². The Balaban J connectivity index is 2.20. The van der Waals surface area contributed by atoms with Crippen molar-refractivity contribution in [2.75, 3.05) is 12.9 Å². The first-order valence-corrected chi connectivity index (χ1v) is 8.68. The van der Waals surface area contributed by atoms with Gasteiger partial charge in [-0.1, -0.05) is 25.1 Å². The van der Waals surface area contributed by atoms with Gasteiger partial charge in [0.1, 0.15) is 5.75 Å². The number of carbonyl (C=O) groups excluding carboxylic acids is 1. The lowest BCUT2D eigenvalue weighted by atomic mass is 9.93. The van der Waals surface area contributed by atoms with Crippen molar-refractivity contribution < 1.29 is 9.53 Å². The Morgan fingerprint density at radius 3 is 2.96 bits per heavy atom. The standard InChI is InChI=1S/C18H24N2O2S/c1-5-8-23-17-11-14(6-7-16(17)22-4)12(2)9-15-13(3)10-18(21)20-19-15/h5-7,9,11,13,15,19H,1,8,10H2,2-4H3,(H,20,21)/b12-9+. The molecule has 0 saturated carbocycles. The molecular weight excluding hydrogens is 308 g/mol. The Labute approximate surface area is 142 Å². The first-order valence-electron chi connectivity index (χ1n) is 7.70. The molecule has 0 aliphatic carbocycles. The monoisotopic (exact) mass is 332 g/mol. The second kappa shape index (κ2) is 8.22. The van der Waals surface area contributed by atoms with Crippen LogP contribution in [0.5, 0.6) is 5.75 Å². The number of amides is 1. The summed E-state index contributed by atoms with van der Waals surface area (Å²) in [7, 11) is 1.69. The third kappa shape index (κ3) is 4.62. The van der Waals surface area contributed by atoms with Crippen molar-refractivity contribution in [3.05, 3.63) is 42.5 Å². The molecule has 1 saturated heterocycles. The highest BCUT2D eigenvalue weighted by Gasteiger charge is 2.23. The van der Waals surface area contributed by atoms with Crippen molar-refractivity contribution in [3.63, 3.8) is 0 Å². The SMILES string of the molecule is C=CCSc1cc(/C(C)=C/C2NNC(=O)CC2C)ccc1OC. The highest BCUT2D eigenvalue weighted by atomic mass is 32.2. The number of allylic oxidation sites excluding steroid dienone is 1. The smallest absolute Gasteiger partial charge is 0.234 e. The minimum absolute atomic E-state index is 0.0485. The summed E-state index contributed by atoms with van der Waals surface area (Å²) in [6, 6.07) is 6.34. The molecule has 1 aliphatic rings. The molecular formula is C18H24N2O2S. The van der Waals surface area contributed by atoms with Crippen molar-refractivity contribution in [3.8, 4) is 5.75 Å². The number of methoxy groups -OCH3 is 1. The van der Waals surface area contributed by atoms with Crippen LogP contribution >= 0.6 is 11.8 Å². The summed E-state index contributed by atoms with van der Waals surface area (Å²) in [4.78, 5) is 12.5. The van der Waals surface area contributed by atoms with Gasteiger partial charge >= 0.3 is 0 Å². The van der Waals surface area contributed by atoms with Crippen molar-refractivity contribution in [1.82, 2.24) is 10.9 Å². The van der Waals surface area contributed by atoms with E-state index in [0.29, 0.717) is 6.42 Å². The van der Waals surface area contributed by atoms with E-state index in [2.05, 4.69) is 49.5 Å². The zero-order valence-electron chi connectivity index (χ0n) is 13.9. The zero-order valence-corrected chi connectivity index (χ0v) is 14.7.